The molecule has 1 aromatic carbocycles. The van der Waals surface area contributed by atoms with Gasteiger partial charge in [-0.05, 0) is 30.2 Å². The van der Waals surface area contributed by atoms with E-state index in [2.05, 4.69) is 0 Å². The Balaban J connectivity index is 2.68. The van der Waals surface area contributed by atoms with Crippen LogP contribution in [-0.2, 0) is 11.2 Å². The van der Waals surface area contributed by atoms with Crippen LogP contribution < -0.4 is 10.5 Å². The largest absolute Gasteiger partial charge is 0.496 e. The standard InChI is InChI=1S/C12H17ClN2O2/c1-15(12(16)8-14)6-5-9-7-10(13)3-4-11(9)17-2/h3-4,7H,5-6,8,14H2,1-2H3. The first-order chi connectivity index (χ1) is 8.08. The number of amides is 1. The lowest BCUT2D eigenvalue weighted by Crippen LogP contribution is -2.34. The number of ether oxygens (including phenoxy) is 1. The molecule has 0 fully saturated rings. The van der Waals surface area contributed by atoms with E-state index in [1.165, 1.54) is 0 Å². The van der Waals surface area contributed by atoms with Gasteiger partial charge in [0.25, 0.3) is 0 Å². The van der Waals surface area contributed by atoms with Gasteiger partial charge in [0.2, 0.25) is 5.91 Å². The number of benzene rings is 1. The molecule has 1 rings (SSSR count). The number of halogens is 1. The highest BCUT2D eigenvalue weighted by Gasteiger charge is 2.09. The zero-order chi connectivity index (χ0) is 12.8. The molecule has 5 heteroatoms. The van der Waals surface area contributed by atoms with Crippen molar-refractivity contribution in [1.82, 2.24) is 4.90 Å². The number of carbonyl (C=O) groups is 1. The highest BCUT2D eigenvalue weighted by molar-refractivity contribution is 6.30. The van der Waals surface area contributed by atoms with Crippen LogP contribution in [0.25, 0.3) is 0 Å². The van der Waals surface area contributed by atoms with Crippen LogP contribution in [0.4, 0.5) is 0 Å². The second-order valence-corrected chi connectivity index (χ2v) is 4.16. The van der Waals surface area contributed by atoms with Gasteiger partial charge in [0, 0.05) is 18.6 Å². The predicted molar refractivity (Wildman–Crippen MR) is 68.4 cm³/mol. The lowest BCUT2D eigenvalue weighted by Gasteiger charge is -2.17. The van der Waals surface area contributed by atoms with E-state index in [1.807, 2.05) is 12.1 Å². The first-order valence-corrected chi connectivity index (χ1v) is 5.72. The van der Waals surface area contributed by atoms with E-state index in [1.54, 1.807) is 25.1 Å². The zero-order valence-electron chi connectivity index (χ0n) is 10.1. The van der Waals surface area contributed by atoms with Gasteiger partial charge in [0.15, 0.2) is 0 Å². The molecular weight excluding hydrogens is 240 g/mol. The lowest BCUT2D eigenvalue weighted by molar-refractivity contribution is -0.128. The summed E-state index contributed by atoms with van der Waals surface area (Å²) in [5.41, 5.74) is 6.27. The average molecular weight is 257 g/mol. The minimum atomic E-state index is -0.0778. The van der Waals surface area contributed by atoms with E-state index >= 15 is 0 Å². The third-order valence-corrected chi connectivity index (χ3v) is 2.79. The summed E-state index contributed by atoms with van der Waals surface area (Å²) in [4.78, 5) is 12.9. The molecule has 1 amide bonds. The molecule has 0 atom stereocenters. The minimum Gasteiger partial charge on any atom is -0.496 e. The van der Waals surface area contributed by atoms with E-state index in [9.17, 15) is 4.79 Å². The third-order valence-electron chi connectivity index (χ3n) is 2.56. The molecule has 0 aromatic heterocycles. The Bertz CT molecular complexity index is 396. The Morgan fingerprint density at radius 1 is 1.53 bits per heavy atom. The van der Waals surface area contributed by atoms with Crippen LogP contribution in [0.15, 0.2) is 18.2 Å². The molecule has 0 heterocycles. The number of hydrogen-bond acceptors (Lipinski definition) is 3. The normalized spacial score (nSPS) is 10.1. The number of methoxy groups -OCH3 is 1. The molecule has 4 nitrogen and oxygen atoms in total. The number of nitrogens with zero attached hydrogens (tertiary/aromatic N) is 1. The van der Waals surface area contributed by atoms with Gasteiger partial charge in [0.1, 0.15) is 5.75 Å². The smallest absolute Gasteiger partial charge is 0.236 e. The summed E-state index contributed by atoms with van der Waals surface area (Å²) in [6.45, 7) is 0.621. The molecule has 94 valence electrons. The fourth-order valence-electron chi connectivity index (χ4n) is 1.51. The van der Waals surface area contributed by atoms with Crippen molar-refractivity contribution < 1.29 is 9.53 Å². The number of nitrogens with two attached hydrogens (primary N) is 1. The minimum absolute atomic E-state index is 0.0309. The van der Waals surface area contributed by atoms with Crippen LogP contribution in [0.2, 0.25) is 5.02 Å². The Labute approximate surface area is 106 Å². The van der Waals surface area contributed by atoms with Crippen LogP contribution in [0, 0.1) is 0 Å². The molecule has 0 bridgehead atoms. The number of rotatable bonds is 5. The van der Waals surface area contributed by atoms with Crippen molar-refractivity contribution in [2.45, 2.75) is 6.42 Å². The summed E-state index contributed by atoms with van der Waals surface area (Å²) in [6, 6.07) is 5.45. The van der Waals surface area contributed by atoms with Crippen molar-refractivity contribution in [2.24, 2.45) is 5.73 Å². The molecule has 1 aromatic rings. The van der Waals surface area contributed by atoms with Gasteiger partial charge in [-0.15, -0.1) is 0 Å². The van der Waals surface area contributed by atoms with Crippen molar-refractivity contribution in [3.63, 3.8) is 0 Å². The molecular formula is C12H17ClN2O2. The summed E-state index contributed by atoms with van der Waals surface area (Å²) in [5.74, 6) is 0.703. The van der Waals surface area contributed by atoms with Crippen molar-refractivity contribution in [1.29, 1.82) is 0 Å². The molecule has 0 spiro atoms. The Morgan fingerprint density at radius 3 is 2.82 bits per heavy atom. The summed E-state index contributed by atoms with van der Waals surface area (Å²) >= 11 is 5.92. The van der Waals surface area contributed by atoms with E-state index < -0.39 is 0 Å². The molecule has 0 unspecified atom stereocenters. The highest BCUT2D eigenvalue weighted by Crippen LogP contribution is 2.23. The van der Waals surface area contributed by atoms with Gasteiger partial charge in [-0.3, -0.25) is 4.79 Å². The zero-order valence-corrected chi connectivity index (χ0v) is 10.8. The molecule has 0 radical (unpaired) electrons. The lowest BCUT2D eigenvalue weighted by atomic mass is 10.1. The fraction of sp³-hybridized carbons (Fsp3) is 0.417. The number of hydrogen-bond donors (Lipinski definition) is 1. The molecule has 17 heavy (non-hydrogen) atoms. The summed E-state index contributed by atoms with van der Waals surface area (Å²) in [6.07, 6.45) is 0.686. The summed E-state index contributed by atoms with van der Waals surface area (Å²) in [7, 11) is 3.34. The van der Waals surface area contributed by atoms with Crippen molar-refractivity contribution in [3.8, 4) is 5.75 Å². The third kappa shape index (κ3) is 3.91. The van der Waals surface area contributed by atoms with Crippen LogP contribution in [0.3, 0.4) is 0 Å². The van der Waals surface area contributed by atoms with Gasteiger partial charge in [-0.25, -0.2) is 0 Å². The summed E-state index contributed by atoms with van der Waals surface area (Å²) in [5, 5.41) is 0.661. The first kappa shape index (κ1) is 13.8. The Morgan fingerprint density at radius 2 is 2.24 bits per heavy atom. The highest BCUT2D eigenvalue weighted by atomic mass is 35.5. The van der Waals surface area contributed by atoms with Gasteiger partial charge in [-0.2, -0.15) is 0 Å². The Kier molecular flexibility index (Phi) is 5.25. The van der Waals surface area contributed by atoms with Gasteiger partial charge < -0.3 is 15.4 Å². The Hall–Kier alpha value is -1.26. The van der Waals surface area contributed by atoms with Crippen LogP contribution in [0.1, 0.15) is 5.56 Å². The second-order valence-electron chi connectivity index (χ2n) is 3.73. The van der Waals surface area contributed by atoms with E-state index in [0.717, 1.165) is 11.3 Å². The average Bonchev–Trinajstić information content (AvgIpc) is 2.35. The van der Waals surface area contributed by atoms with Crippen molar-refractivity contribution >= 4 is 17.5 Å². The maximum Gasteiger partial charge on any atom is 0.236 e. The van der Waals surface area contributed by atoms with Crippen LogP contribution >= 0.6 is 11.6 Å². The summed E-state index contributed by atoms with van der Waals surface area (Å²) < 4.78 is 5.23. The molecule has 0 saturated carbocycles. The molecule has 0 aliphatic carbocycles. The maximum atomic E-state index is 11.3. The first-order valence-electron chi connectivity index (χ1n) is 5.35. The second kappa shape index (κ2) is 6.47. The predicted octanol–water partition coefficient (Wildman–Crippen LogP) is 1.31. The van der Waals surface area contributed by atoms with E-state index in [4.69, 9.17) is 22.1 Å². The number of carbonyl (C=O) groups excluding carboxylic acids is 1. The van der Waals surface area contributed by atoms with E-state index in [-0.39, 0.29) is 12.5 Å². The quantitative estimate of drug-likeness (QED) is 0.864. The van der Waals surface area contributed by atoms with Crippen LogP contribution in [0.5, 0.6) is 5.75 Å². The molecule has 0 aliphatic heterocycles. The van der Waals surface area contributed by atoms with E-state index in [0.29, 0.717) is 18.0 Å². The maximum absolute atomic E-state index is 11.3. The number of likely N-dealkylation sites (N-methyl/N-ethyl adjacent to an activating group) is 1. The van der Waals surface area contributed by atoms with Crippen LogP contribution in [-0.4, -0.2) is 38.1 Å². The SMILES string of the molecule is COc1ccc(Cl)cc1CCN(C)C(=O)CN. The molecule has 0 saturated heterocycles. The van der Waals surface area contributed by atoms with Crippen molar-refractivity contribution in [2.75, 3.05) is 27.2 Å². The monoisotopic (exact) mass is 256 g/mol. The topological polar surface area (TPSA) is 55.6 Å². The van der Waals surface area contributed by atoms with Gasteiger partial charge >= 0.3 is 0 Å². The van der Waals surface area contributed by atoms with Gasteiger partial charge in [0.05, 0.1) is 13.7 Å². The molecule has 0 aliphatic rings. The van der Waals surface area contributed by atoms with Crippen molar-refractivity contribution in [3.05, 3.63) is 28.8 Å². The van der Waals surface area contributed by atoms with Gasteiger partial charge in [-0.1, -0.05) is 11.6 Å². The fourth-order valence-corrected chi connectivity index (χ4v) is 1.71. The molecule has 2 N–H and O–H groups in total.